The van der Waals surface area contributed by atoms with Crippen LogP contribution in [0.4, 0.5) is 5.69 Å². The summed E-state index contributed by atoms with van der Waals surface area (Å²) in [6.07, 6.45) is 0. The Kier molecular flexibility index (Phi) is 4.34. The van der Waals surface area contributed by atoms with E-state index in [1.807, 2.05) is 0 Å². The van der Waals surface area contributed by atoms with E-state index in [1.54, 1.807) is 46.8 Å². The van der Waals surface area contributed by atoms with E-state index < -0.39 is 14.6 Å². The Morgan fingerprint density at radius 2 is 1.70 bits per heavy atom. The predicted molar refractivity (Wildman–Crippen MR) is 87.3 cm³/mol. The van der Waals surface area contributed by atoms with Crippen LogP contribution in [0.3, 0.4) is 0 Å². The minimum atomic E-state index is -3.42. The molecule has 1 aromatic carbocycles. The van der Waals surface area contributed by atoms with Crippen molar-refractivity contribution in [2.45, 2.75) is 44.3 Å². The van der Waals surface area contributed by atoms with Gasteiger partial charge >= 0.3 is 0 Å². The SMILES string of the molecule is Cc1noc(C)c1C(=O)Nc1ccc(S(=O)(=O)C(C)(C)C)cc1. The number of nitrogens with zero attached hydrogens (tertiary/aromatic N) is 1. The highest BCUT2D eigenvalue weighted by Crippen LogP contribution is 2.26. The summed E-state index contributed by atoms with van der Waals surface area (Å²) in [6.45, 7) is 8.29. The number of anilines is 1. The number of carbonyl (C=O) groups is 1. The number of amides is 1. The lowest BCUT2D eigenvalue weighted by atomic mass is 10.2. The van der Waals surface area contributed by atoms with E-state index in [4.69, 9.17) is 4.52 Å². The van der Waals surface area contributed by atoms with Crippen LogP contribution in [-0.2, 0) is 9.84 Å². The zero-order valence-corrected chi connectivity index (χ0v) is 14.6. The molecule has 23 heavy (non-hydrogen) atoms. The molecule has 0 aliphatic heterocycles. The molecule has 1 amide bonds. The van der Waals surface area contributed by atoms with E-state index >= 15 is 0 Å². The number of aromatic nitrogens is 1. The maximum absolute atomic E-state index is 12.4. The van der Waals surface area contributed by atoms with Gasteiger partial charge in [-0.1, -0.05) is 5.16 Å². The van der Waals surface area contributed by atoms with Crippen LogP contribution >= 0.6 is 0 Å². The van der Waals surface area contributed by atoms with Crippen molar-refractivity contribution >= 4 is 21.4 Å². The summed E-state index contributed by atoms with van der Waals surface area (Å²) in [5, 5.41) is 6.45. The molecule has 2 aromatic rings. The number of hydrogen-bond donors (Lipinski definition) is 1. The first-order chi connectivity index (χ1) is 10.5. The Labute approximate surface area is 135 Å². The highest BCUT2D eigenvalue weighted by Gasteiger charge is 2.30. The van der Waals surface area contributed by atoms with Gasteiger partial charge in [-0.3, -0.25) is 4.79 Å². The fourth-order valence-corrected chi connectivity index (χ4v) is 3.27. The van der Waals surface area contributed by atoms with Gasteiger partial charge in [0.25, 0.3) is 5.91 Å². The molecule has 0 spiro atoms. The average molecular weight is 336 g/mol. The second-order valence-corrected chi connectivity index (χ2v) is 9.00. The fraction of sp³-hybridized carbons (Fsp3) is 0.375. The van der Waals surface area contributed by atoms with Gasteiger partial charge in [0.15, 0.2) is 9.84 Å². The lowest BCUT2D eigenvalue weighted by molar-refractivity contribution is 0.102. The molecule has 0 aliphatic rings. The summed E-state index contributed by atoms with van der Waals surface area (Å²) in [5.74, 6) is 0.0969. The molecule has 0 radical (unpaired) electrons. The maximum atomic E-state index is 12.4. The number of aryl methyl sites for hydroxylation is 2. The first-order valence-corrected chi connectivity index (χ1v) is 8.61. The van der Waals surface area contributed by atoms with Gasteiger partial charge < -0.3 is 9.84 Å². The summed E-state index contributed by atoms with van der Waals surface area (Å²) >= 11 is 0. The third kappa shape index (κ3) is 3.29. The molecule has 0 fully saturated rings. The molecule has 0 aliphatic carbocycles. The van der Waals surface area contributed by atoms with Crippen molar-refractivity contribution in [2.75, 3.05) is 5.32 Å². The lowest BCUT2D eigenvalue weighted by Crippen LogP contribution is -2.27. The van der Waals surface area contributed by atoms with Gasteiger partial charge in [-0.25, -0.2) is 8.42 Å². The van der Waals surface area contributed by atoms with Gasteiger partial charge in [0.05, 0.1) is 15.3 Å². The van der Waals surface area contributed by atoms with Gasteiger partial charge in [-0.15, -0.1) is 0 Å². The molecule has 124 valence electrons. The third-order valence-electron chi connectivity index (χ3n) is 3.49. The summed E-state index contributed by atoms with van der Waals surface area (Å²) in [7, 11) is -3.42. The van der Waals surface area contributed by atoms with E-state index in [2.05, 4.69) is 10.5 Å². The van der Waals surface area contributed by atoms with Crippen molar-refractivity contribution in [2.24, 2.45) is 0 Å². The predicted octanol–water partition coefficient (Wildman–Crippen LogP) is 3.12. The molecule has 2 rings (SSSR count). The average Bonchev–Trinajstić information content (AvgIpc) is 2.77. The standard InChI is InChI=1S/C16H20N2O4S/c1-10-14(11(2)22-18-10)15(19)17-12-6-8-13(9-7-12)23(20,21)16(3,4)5/h6-9H,1-5H3,(H,17,19). The lowest BCUT2D eigenvalue weighted by Gasteiger charge is -2.19. The Morgan fingerprint density at radius 1 is 1.13 bits per heavy atom. The molecule has 6 nitrogen and oxygen atoms in total. The van der Waals surface area contributed by atoms with Crippen LogP contribution < -0.4 is 5.32 Å². The zero-order valence-electron chi connectivity index (χ0n) is 13.8. The fourth-order valence-electron chi connectivity index (χ4n) is 2.07. The van der Waals surface area contributed by atoms with Crippen LogP contribution in [0.15, 0.2) is 33.7 Å². The van der Waals surface area contributed by atoms with Crippen LogP contribution in [0.5, 0.6) is 0 Å². The number of nitrogens with one attached hydrogen (secondary N) is 1. The van der Waals surface area contributed by atoms with E-state index in [1.165, 1.54) is 12.1 Å². The van der Waals surface area contributed by atoms with Crippen LogP contribution in [0.25, 0.3) is 0 Å². The molecular weight excluding hydrogens is 316 g/mol. The molecule has 7 heteroatoms. The molecule has 1 N–H and O–H groups in total. The van der Waals surface area contributed by atoms with Crippen molar-refractivity contribution < 1.29 is 17.7 Å². The van der Waals surface area contributed by atoms with Crippen LogP contribution in [0, 0.1) is 13.8 Å². The highest BCUT2D eigenvalue weighted by atomic mass is 32.2. The van der Waals surface area contributed by atoms with E-state index in [0.29, 0.717) is 22.7 Å². The summed E-state index contributed by atoms with van der Waals surface area (Å²) < 4.78 is 28.8. The van der Waals surface area contributed by atoms with E-state index in [-0.39, 0.29) is 10.8 Å². The zero-order chi connectivity index (χ0) is 17.4. The number of rotatable bonds is 3. The molecule has 0 saturated carbocycles. The second kappa shape index (κ2) is 5.81. The van der Waals surface area contributed by atoms with Crippen LogP contribution in [-0.4, -0.2) is 24.2 Å². The largest absolute Gasteiger partial charge is 0.361 e. The third-order valence-corrected chi connectivity index (χ3v) is 5.99. The molecular formula is C16H20N2O4S. The summed E-state index contributed by atoms with van der Waals surface area (Å²) in [5.41, 5.74) is 1.39. The summed E-state index contributed by atoms with van der Waals surface area (Å²) in [6, 6.07) is 6.11. The normalized spacial score (nSPS) is 12.2. The minimum Gasteiger partial charge on any atom is -0.361 e. The van der Waals surface area contributed by atoms with E-state index in [9.17, 15) is 13.2 Å². The smallest absolute Gasteiger partial charge is 0.261 e. The molecule has 0 atom stereocenters. The van der Waals surface area contributed by atoms with Gasteiger partial charge in [0, 0.05) is 5.69 Å². The topological polar surface area (TPSA) is 89.3 Å². The number of hydrogen-bond acceptors (Lipinski definition) is 5. The van der Waals surface area contributed by atoms with Crippen molar-refractivity contribution in [1.82, 2.24) is 5.16 Å². The van der Waals surface area contributed by atoms with Crippen molar-refractivity contribution in [1.29, 1.82) is 0 Å². The van der Waals surface area contributed by atoms with Gasteiger partial charge in [-0.05, 0) is 58.9 Å². The van der Waals surface area contributed by atoms with Crippen molar-refractivity contribution in [3.8, 4) is 0 Å². The first kappa shape index (κ1) is 17.2. The Morgan fingerprint density at radius 3 is 2.13 bits per heavy atom. The number of carbonyl (C=O) groups excluding carboxylic acids is 1. The quantitative estimate of drug-likeness (QED) is 0.930. The van der Waals surface area contributed by atoms with Gasteiger partial charge in [0.2, 0.25) is 0 Å². The molecule has 0 unspecified atom stereocenters. The second-order valence-electron chi connectivity index (χ2n) is 6.29. The molecule has 0 bridgehead atoms. The maximum Gasteiger partial charge on any atom is 0.261 e. The van der Waals surface area contributed by atoms with Gasteiger partial charge in [-0.2, -0.15) is 0 Å². The van der Waals surface area contributed by atoms with Gasteiger partial charge in [0.1, 0.15) is 11.3 Å². The molecule has 1 heterocycles. The Bertz CT molecular complexity index is 808. The van der Waals surface area contributed by atoms with E-state index in [0.717, 1.165) is 0 Å². The molecule has 1 aromatic heterocycles. The number of benzene rings is 1. The van der Waals surface area contributed by atoms with Crippen molar-refractivity contribution in [3.63, 3.8) is 0 Å². The highest BCUT2D eigenvalue weighted by molar-refractivity contribution is 7.92. The molecule has 0 saturated heterocycles. The monoisotopic (exact) mass is 336 g/mol. The first-order valence-electron chi connectivity index (χ1n) is 7.13. The number of sulfone groups is 1. The Balaban J connectivity index is 2.23. The minimum absolute atomic E-state index is 0.223. The van der Waals surface area contributed by atoms with Crippen LogP contribution in [0.1, 0.15) is 42.6 Å². The van der Waals surface area contributed by atoms with Crippen LogP contribution in [0.2, 0.25) is 0 Å². The Hall–Kier alpha value is -2.15. The van der Waals surface area contributed by atoms with Crippen molar-refractivity contribution in [3.05, 3.63) is 41.3 Å². The summed E-state index contributed by atoms with van der Waals surface area (Å²) in [4.78, 5) is 12.5.